The van der Waals surface area contributed by atoms with Crippen molar-refractivity contribution in [1.29, 1.82) is 0 Å². The molecule has 0 saturated heterocycles. The van der Waals surface area contributed by atoms with Crippen LogP contribution >= 0.6 is 23.1 Å². The first kappa shape index (κ1) is 20.9. The van der Waals surface area contributed by atoms with Gasteiger partial charge in [-0.25, -0.2) is 0 Å². The fourth-order valence-electron chi connectivity index (χ4n) is 2.27. The highest BCUT2D eigenvalue weighted by Crippen LogP contribution is 2.19. The highest BCUT2D eigenvalue weighted by atomic mass is 32.2. The number of aryl methyl sites for hydroxylation is 2. The average molecular weight is 429 g/mol. The summed E-state index contributed by atoms with van der Waals surface area (Å²) in [6.07, 6.45) is 1.84. The van der Waals surface area contributed by atoms with E-state index in [1.165, 1.54) is 23.1 Å². The quantitative estimate of drug-likeness (QED) is 0.528. The molecule has 2 aromatic heterocycles. The van der Waals surface area contributed by atoms with Crippen LogP contribution < -0.4 is 10.6 Å². The van der Waals surface area contributed by atoms with Crippen LogP contribution in [0.25, 0.3) is 0 Å². The zero-order chi connectivity index (χ0) is 20.6. The Morgan fingerprint density at radius 3 is 2.48 bits per heavy atom. The molecule has 2 amide bonds. The molecule has 1 aromatic carbocycles. The molecule has 29 heavy (non-hydrogen) atoms. The van der Waals surface area contributed by atoms with E-state index in [4.69, 9.17) is 0 Å². The Labute approximate surface area is 176 Å². The second kappa shape index (κ2) is 10.1. The largest absolute Gasteiger partial charge is 0.305 e. The van der Waals surface area contributed by atoms with Gasteiger partial charge in [0.15, 0.2) is 5.82 Å². The first-order valence-electron chi connectivity index (χ1n) is 9.00. The zero-order valence-electron chi connectivity index (χ0n) is 16.0. The molecule has 0 spiro atoms. The molecule has 3 rings (SSSR count). The molecule has 2 heterocycles. The van der Waals surface area contributed by atoms with Crippen molar-refractivity contribution in [3.05, 3.63) is 52.5 Å². The van der Waals surface area contributed by atoms with Crippen molar-refractivity contribution in [3.63, 3.8) is 0 Å². The van der Waals surface area contributed by atoms with Gasteiger partial charge in [0.2, 0.25) is 11.0 Å². The minimum atomic E-state index is -0.251. The normalized spacial score (nSPS) is 10.6. The van der Waals surface area contributed by atoms with Crippen molar-refractivity contribution in [2.24, 2.45) is 0 Å². The van der Waals surface area contributed by atoms with Crippen LogP contribution in [0.4, 0.5) is 10.9 Å². The molecule has 0 radical (unpaired) electrons. The summed E-state index contributed by atoms with van der Waals surface area (Å²) in [4.78, 5) is 24.2. The smallest absolute Gasteiger partial charge is 0.256 e. The third kappa shape index (κ3) is 6.33. The number of rotatable bonds is 8. The van der Waals surface area contributed by atoms with E-state index in [-0.39, 0.29) is 17.6 Å². The van der Waals surface area contributed by atoms with Crippen molar-refractivity contribution < 1.29 is 9.59 Å². The Hall–Kier alpha value is -2.85. The van der Waals surface area contributed by atoms with Crippen LogP contribution in [-0.2, 0) is 11.2 Å². The van der Waals surface area contributed by atoms with Gasteiger partial charge in [-0.05, 0) is 37.6 Å². The molecule has 2 N–H and O–H groups in total. The lowest BCUT2D eigenvalue weighted by molar-refractivity contribution is -0.113. The molecule has 3 aromatic rings. The molecule has 0 atom stereocenters. The summed E-state index contributed by atoms with van der Waals surface area (Å²) in [7, 11) is 0. The molecular weight excluding hydrogens is 408 g/mol. The summed E-state index contributed by atoms with van der Waals surface area (Å²) in [5.41, 5.74) is 1.63. The van der Waals surface area contributed by atoms with Gasteiger partial charge in [0.05, 0.1) is 5.75 Å². The van der Waals surface area contributed by atoms with Crippen molar-refractivity contribution in [2.45, 2.75) is 31.7 Å². The van der Waals surface area contributed by atoms with E-state index in [1.807, 2.05) is 19.1 Å². The number of hydrogen-bond acceptors (Lipinski definition) is 8. The van der Waals surface area contributed by atoms with Gasteiger partial charge in [-0.3, -0.25) is 14.9 Å². The summed E-state index contributed by atoms with van der Waals surface area (Å²) in [6, 6.07) is 10.6. The Bertz CT molecular complexity index is 973. The van der Waals surface area contributed by atoms with Gasteiger partial charge in [-0.1, -0.05) is 47.7 Å². The van der Waals surface area contributed by atoms with Crippen LogP contribution in [0, 0.1) is 6.92 Å². The number of carbonyl (C=O) groups excluding carboxylic acids is 2. The van der Waals surface area contributed by atoms with E-state index in [9.17, 15) is 9.59 Å². The van der Waals surface area contributed by atoms with Gasteiger partial charge in [0.25, 0.3) is 5.91 Å². The van der Waals surface area contributed by atoms with E-state index < -0.39 is 0 Å². The molecule has 0 aliphatic carbocycles. The van der Waals surface area contributed by atoms with Gasteiger partial charge < -0.3 is 5.32 Å². The molecule has 8 nitrogen and oxygen atoms in total. The summed E-state index contributed by atoms with van der Waals surface area (Å²) in [6.45, 7) is 4.03. The average Bonchev–Trinajstić information content (AvgIpc) is 3.15. The van der Waals surface area contributed by atoms with Gasteiger partial charge >= 0.3 is 0 Å². The predicted octanol–water partition coefficient (Wildman–Crippen LogP) is 3.57. The topological polar surface area (TPSA) is 110 Å². The molecule has 0 aliphatic heterocycles. The minimum absolute atomic E-state index is 0.173. The number of nitrogens with one attached hydrogen (secondary N) is 2. The third-order valence-corrected chi connectivity index (χ3v) is 5.54. The van der Waals surface area contributed by atoms with Crippen LogP contribution in [0.1, 0.15) is 34.3 Å². The molecule has 0 aliphatic rings. The number of thioether (sulfide) groups is 1. The number of carbonyl (C=O) groups is 2. The first-order chi connectivity index (χ1) is 14.0. The maximum atomic E-state index is 12.2. The predicted molar refractivity (Wildman–Crippen MR) is 114 cm³/mol. The van der Waals surface area contributed by atoms with Gasteiger partial charge in [-0.2, -0.15) is 0 Å². The van der Waals surface area contributed by atoms with E-state index in [0.717, 1.165) is 23.4 Å². The molecular formula is C19H20N6O2S2. The lowest BCUT2D eigenvalue weighted by Gasteiger charge is -2.05. The fraction of sp³-hybridized carbons (Fsp3) is 0.263. The summed E-state index contributed by atoms with van der Waals surface area (Å²) < 4.78 is 0. The van der Waals surface area contributed by atoms with Crippen LogP contribution in [-0.4, -0.2) is 38.0 Å². The third-order valence-electron chi connectivity index (χ3n) is 3.72. The van der Waals surface area contributed by atoms with Crippen molar-refractivity contribution in [3.8, 4) is 0 Å². The van der Waals surface area contributed by atoms with Crippen LogP contribution in [0.5, 0.6) is 0 Å². The van der Waals surface area contributed by atoms with Gasteiger partial charge in [-0.15, -0.1) is 20.4 Å². The second-order valence-corrected chi connectivity index (χ2v) is 8.22. The number of nitrogens with zero attached hydrogens (tertiary/aromatic N) is 4. The van der Waals surface area contributed by atoms with Crippen LogP contribution in [0.3, 0.4) is 0 Å². The lowest BCUT2D eigenvalue weighted by Crippen LogP contribution is -2.14. The fourth-order valence-corrected chi connectivity index (χ4v) is 3.74. The van der Waals surface area contributed by atoms with Crippen molar-refractivity contribution in [2.75, 3.05) is 16.4 Å². The molecule has 150 valence electrons. The lowest BCUT2D eigenvalue weighted by atomic mass is 10.1. The van der Waals surface area contributed by atoms with E-state index >= 15 is 0 Å². The maximum absolute atomic E-state index is 12.2. The summed E-state index contributed by atoms with van der Waals surface area (Å²) >= 11 is 2.63. The maximum Gasteiger partial charge on any atom is 0.256 e. The number of anilines is 2. The number of benzene rings is 1. The van der Waals surface area contributed by atoms with Crippen molar-refractivity contribution >= 4 is 45.9 Å². The second-order valence-electron chi connectivity index (χ2n) is 6.16. The summed E-state index contributed by atoms with van der Waals surface area (Å²) in [5, 5.41) is 23.4. The van der Waals surface area contributed by atoms with Crippen molar-refractivity contribution in [1.82, 2.24) is 20.4 Å². The molecule has 0 bridgehead atoms. The standard InChI is InChI=1S/C19H20N6O2S2/c1-3-4-17-24-25-19(29-17)21-15(26)11-28-16-10-9-14(22-23-16)20-18(27)13-7-5-12(2)6-8-13/h5-10H,3-4,11H2,1-2H3,(H,20,22,27)(H,21,25,26). The van der Waals surface area contributed by atoms with Crippen LogP contribution in [0.15, 0.2) is 41.4 Å². The molecule has 0 saturated carbocycles. The van der Waals surface area contributed by atoms with Gasteiger partial charge in [0, 0.05) is 12.0 Å². The Morgan fingerprint density at radius 2 is 1.79 bits per heavy atom. The SMILES string of the molecule is CCCc1nnc(NC(=O)CSc2ccc(NC(=O)c3ccc(C)cc3)nn2)s1. The van der Waals surface area contributed by atoms with E-state index in [2.05, 4.69) is 38.0 Å². The minimum Gasteiger partial charge on any atom is -0.305 e. The Morgan fingerprint density at radius 1 is 1.00 bits per heavy atom. The highest BCUT2D eigenvalue weighted by molar-refractivity contribution is 7.99. The summed E-state index contributed by atoms with van der Waals surface area (Å²) in [5.74, 6) is 0.0833. The highest BCUT2D eigenvalue weighted by Gasteiger charge is 2.10. The Balaban J connectivity index is 1.47. The number of amides is 2. The number of hydrogen-bond donors (Lipinski definition) is 2. The molecule has 0 fully saturated rings. The zero-order valence-corrected chi connectivity index (χ0v) is 17.6. The molecule has 0 unspecified atom stereocenters. The van der Waals surface area contributed by atoms with Gasteiger partial charge in [0.1, 0.15) is 10.0 Å². The molecule has 10 heteroatoms. The van der Waals surface area contributed by atoms with E-state index in [1.54, 1.807) is 24.3 Å². The Kier molecular flexibility index (Phi) is 7.25. The number of aromatic nitrogens is 4. The first-order valence-corrected chi connectivity index (χ1v) is 10.8. The monoisotopic (exact) mass is 428 g/mol. The van der Waals surface area contributed by atoms with E-state index in [0.29, 0.717) is 21.5 Å². The van der Waals surface area contributed by atoms with Crippen LogP contribution in [0.2, 0.25) is 0 Å².